The van der Waals surface area contributed by atoms with Crippen LogP contribution in [0.3, 0.4) is 0 Å². The van der Waals surface area contributed by atoms with Gasteiger partial charge in [-0.1, -0.05) is 104 Å². The second kappa shape index (κ2) is 25.8. The molecular formula is C23H50O4. The number of rotatable bonds is 19. The Hall–Kier alpha value is -0.160. The highest BCUT2D eigenvalue weighted by atomic mass is 16.3. The first-order valence-electron chi connectivity index (χ1n) is 11.7. The van der Waals surface area contributed by atoms with Crippen LogP contribution in [-0.2, 0) is 0 Å². The fourth-order valence-electron chi connectivity index (χ4n) is 3.16. The highest BCUT2D eigenvalue weighted by molar-refractivity contribution is 4.59. The number of aliphatic hydroxyl groups is 4. The number of hydrogen-bond acceptors (Lipinski definition) is 4. The van der Waals surface area contributed by atoms with Crippen molar-refractivity contribution in [1.29, 1.82) is 0 Å². The van der Waals surface area contributed by atoms with E-state index in [0.29, 0.717) is 12.5 Å². The molecule has 0 saturated carbocycles. The second-order valence-corrected chi connectivity index (χ2v) is 7.89. The van der Waals surface area contributed by atoms with Crippen LogP contribution in [0.15, 0.2) is 0 Å². The quantitative estimate of drug-likeness (QED) is 0.228. The van der Waals surface area contributed by atoms with Gasteiger partial charge in [0.1, 0.15) is 6.10 Å². The smallest absolute Gasteiger partial charge is 0.100 e. The fraction of sp³-hybridized carbons (Fsp3) is 1.00. The van der Waals surface area contributed by atoms with E-state index < -0.39 is 6.10 Å². The first kappa shape index (κ1) is 29.0. The van der Waals surface area contributed by atoms with Crippen LogP contribution in [0.1, 0.15) is 117 Å². The Morgan fingerprint density at radius 1 is 0.481 bits per heavy atom. The van der Waals surface area contributed by atoms with Gasteiger partial charge in [0.15, 0.2) is 0 Å². The van der Waals surface area contributed by atoms with E-state index in [0.717, 1.165) is 0 Å². The minimum Gasteiger partial charge on any atom is -0.396 e. The van der Waals surface area contributed by atoms with Crippen molar-refractivity contribution in [3.63, 3.8) is 0 Å². The van der Waals surface area contributed by atoms with Crippen molar-refractivity contribution in [1.82, 2.24) is 0 Å². The number of unbranched alkanes of at least 4 members (excludes halogenated alkanes) is 12. The third-order valence-corrected chi connectivity index (χ3v) is 5.11. The van der Waals surface area contributed by atoms with Gasteiger partial charge in [0.05, 0.1) is 13.2 Å². The third kappa shape index (κ3) is 25.8. The van der Waals surface area contributed by atoms with Gasteiger partial charge < -0.3 is 20.4 Å². The van der Waals surface area contributed by atoms with Gasteiger partial charge in [0.2, 0.25) is 0 Å². The molecule has 4 N–H and O–H groups in total. The Morgan fingerprint density at radius 2 is 0.815 bits per heavy atom. The van der Waals surface area contributed by atoms with Gasteiger partial charge in [0.25, 0.3) is 0 Å². The van der Waals surface area contributed by atoms with Gasteiger partial charge in [-0.2, -0.15) is 0 Å². The van der Waals surface area contributed by atoms with Gasteiger partial charge >= 0.3 is 0 Å². The first-order chi connectivity index (χ1) is 13.2. The molecule has 0 fully saturated rings. The molecular weight excluding hydrogens is 340 g/mol. The molecule has 27 heavy (non-hydrogen) atoms. The van der Waals surface area contributed by atoms with Gasteiger partial charge in [0, 0.05) is 6.61 Å². The topological polar surface area (TPSA) is 80.9 Å². The molecule has 4 heteroatoms. The summed E-state index contributed by atoms with van der Waals surface area (Å²) < 4.78 is 0. The van der Waals surface area contributed by atoms with Crippen molar-refractivity contribution in [3.8, 4) is 0 Å². The Bertz CT molecular complexity index is 245. The largest absolute Gasteiger partial charge is 0.396 e. The van der Waals surface area contributed by atoms with E-state index in [1.54, 1.807) is 0 Å². The minimum atomic E-state index is -0.954. The van der Waals surface area contributed by atoms with Crippen molar-refractivity contribution in [2.24, 2.45) is 5.92 Å². The van der Waals surface area contributed by atoms with E-state index in [1.807, 2.05) is 0 Å². The van der Waals surface area contributed by atoms with Crippen molar-refractivity contribution in [3.05, 3.63) is 0 Å². The zero-order valence-electron chi connectivity index (χ0n) is 18.4. The van der Waals surface area contributed by atoms with Gasteiger partial charge in [-0.05, 0) is 18.8 Å². The predicted molar refractivity (Wildman–Crippen MR) is 116 cm³/mol. The SMILES string of the molecule is CCCCCCCCCCC(CO)CCCCCCCC.OCC(O)CO. The van der Waals surface area contributed by atoms with Gasteiger partial charge in [-0.3, -0.25) is 0 Å². The van der Waals surface area contributed by atoms with Crippen molar-refractivity contribution >= 4 is 0 Å². The van der Waals surface area contributed by atoms with Gasteiger partial charge in [-0.25, -0.2) is 0 Å². The molecule has 0 aliphatic carbocycles. The summed E-state index contributed by atoms with van der Waals surface area (Å²) in [4.78, 5) is 0. The molecule has 0 aromatic carbocycles. The van der Waals surface area contributed by atoms with Crippen LogP contribution in [0.5, 0.6) is 0 Å². The Morgan fingerprint density at radius 3 is 1.07 bits per heavy atom. The summed E-state index contributed by atoms with van der Waals surface area (Å²) in [6.45, 7) is 4.23. The Balaban J connectivity index is 0. The molecule has 0 aliphatic rings. The van der Waals surface area contributed by atoms with Crippen LogP contribution in [0.2, 0.25) is 0 Å². The van der Waals surface area contributed by atoms with E-state index in [-0.39, 0.29) is 13.2 Å². The lowest BCUT2D eigenvalue weighted by Gasteiger charge is -2.13. The lowest BCUT2D eigenvalue weighted by molar-refractivity contribution is 0.0450. The molecule has 0 bridgehead atoms. The highest BCUT2D eigenvalue weighted by Crippen LogP contribution is 2.18. The van der Waals surface area contributed by atoms with Crippen molar-refractivity contribution in [2.45, 2.75) is 123 Å². The van der Waals surface area contributed by atoms with Crippen LogP contribution in [0, 0.1) is 5.92 Å². The minimum absolute atomic E-state index is 0.365. The average molecular weight is 391 g/mol. The molecule has 0 spiro atoms. The fourth-order valence-corrected chi connectivity index (χ4v) is 3.16. The number of aliphatic hydroxyl groups excluding tert-OH is 4. The Kier molecular flexibility index (Phi) is 27.8. The van der Waals surface area contributed by atoms with Gasteiger partial charge in [-0.15, -0.1) is 0 Å². The van der Waals surface area contributed by atoms with Crippen LogP contribution < -0.4 is 0 Å². The monoisotopic (exact) mass is 390 g/mol. The van der Waals surface area contributed by atoms with Crippen LogP contribution in [-0.4, -0.2) is 46.4 Å². The molecule has 0 aromatic rings. The lowest BCUT2D eigenvalue weighted by atomic mass is 9.95. The normalized spacial score (nSPS) is 12.1. The first-order valence-corrected chi connectivity index (χ1v) is 11.7. The van der Waals surface area contributed by atoms with E-state index in [9.17, 15) is 5.11 Å². The van der Waals surface area contributed by atoms with Crippen molar-refractivity contribution in [2.75, 3.05) is 19.8 Å². The summed E-state index contributed by atoms with van der Waals surface area (Å²) in [5, 5.41) is 33.5. The molecule has 0 radical (unpaired) electrons. The molecule has 4 nitrogen and oxygen atoms in total. The average Bonchev–Trinajstić information content (AvgIpc) is 2.70. The summed E-state index contributed by atoms with van der Waals surface area (Å²) in [6.07, 6.45) is 20.9. The summed E-state index contributed by atoms with van der Waals surface area (Å²) in [5.41, 5.74) is 0. The zero-order valence-corrected chi connectivity index (χ0v) is 18.4. The second-order valence-electron chi connectivity index (χ2n) is 7.89. The molecule has 1 unspecified atom stereocenters. The van der Waals surface area contributed by atoms with Crippen LogP contribution >= 0.6 is 0 Å². The maximum Gasteiger partial charge on any atom is 0.100 e. The van der Waals surface area contributed by atoms with Crippen LogP contribution in [0.4, 0.5) is 0 Å². The summed E-state index contributed by atoms with van der Waals surface area (Å²) in [7, 11) is 0. The zero-order chi connectivity index (χ0) is 20.6. The summed E-state index contributed by atoms with van der Waals surface area (Å²) in [5.74, 6) is 0.580. The molecule has 0 aliphatic heterocycles. The van der Waals surface area contributed by atoms with Crippen LogP contribution in [0.25, 0.3) is 0 Å². The summed E-state index contributed by atoms with van der Waals surface area (Å²) in [6, 6.07) is 0. The molecule has 0 saturated heterocycles. The van der Waals surface area contributed by atoms with E-state index in [1.165, 1.54) is 103 Å². The van der Waals surface area contributed by atoms with E-state index in [2.05, 4.69) is 13.8 Å². The Labute approximate surface area is 169 Å². The molecule has 0 rings (SSSR count). The standard InChI is InChI=1S/C20H42O.C3H8O3/c1-3-5-7-9-11-12-14-16-18-20(19-21)17-15-13-10-8-6-4-2;4-1-3(6)2-5/h20-21H,3-19H2,1-2H3;3-6H,1-2H2. The molecule has 0 amide bonds. The van der Waals surface area contributed by atoms with E-state index >= 15 is 0 Å². The maximum atomic E-state index is 9.47. The predicted octanol–water partition coefficient (Wildman–Crippen LogP) is 5.21. The van der Waals surface area contributed by atoms with Crippen molar-refractivity contribution < 1.29 is 20.4 Å². The number of hydrogen-bond donors (Lipinski definition) is 4. The summed E-state index contributed by atoms with van der Waals surface area (Å²) >= 11 is 0. The molecule has 0 aromatic heterocycles. The molecule has 1 atom stereocenters. The molecule has 166 valence electrons. The third-order valence-electron chi connectivity index (χ3n) is 5.11. The lowest BCUT2D eigenvalue weighted by Crippen LogP contribution is -2.15. The molecule has 0 heterocycles. The highest BCUT2D eigenvalue weighted by Gasteiger charge is 2.06. The van der Waals surface area contributed by atoms with E-state index in [4.69, 9.17) is 15.3 Å². The maximum absolute atomic E-state index is 9.47.